The fourth-order valence-corrected chi connectivity index (χ4v) is 3.95. The molecule has 1 N–H and O–H groups in total. The normalized spacial score (nSPS) is 15.1. The van der Waals surface area contributed by atoms with Gasteiger partial charge in [0.2, 0.25) is 8.32 Å². The Hall–Kier alpha value is -0.103. The zero-order chi connectivity index (χ0) is 14.2. The largest absolute Gasteiger partial charge is 0.390 e. The molecule has 0 aliphatic rings. The van der Waals surface area contributed by atoms with Gasteiger partial charge in [-0.15, -0.1) is 0 Å². The van der Waals surface area contributed by atoms with Gasteiger partial charge in [0.15, 0.2) is 0 Å². The molecular weight excluding hydrogens is 300 g/mol. The zero-order valence-electron chi connectivity index (χ0n) is 10.5. The first-order valence-electron chi connectivity index (χ1n) is 5.11. The van der Waals surface area contributed by atoms with Crippen LogP contribution in [0.4, 0.5) is 0 Å². The molecule has 0 saturated heterocycles. The molecule has 0 rings (SSSR count). The Morgan fingerprint density at radius 3 is 2.39 bits per heavy atom. The summed E-state index contributed by atoms with van der Waals surface area (Å²) in [6.45, 7) is 5.12. The molecule has 7 nitrogen and oxygen atoms in total. The van der Waals surface area contributed by atoms with Crippen LogP contribution in [0.2, 0.25) is 19.6 Å². The summed E-state index contributed by atoms with van der Waals surface area (Å²) >= 11 is -2.27. The van der Waals surface area contributed by atoms with Crippen LogP contribution < -0.4 is 0 Å². The maximum absolute atomic E-state index is 11.3. The van der Waals surface area contributed by atoms with E-state index >= 15 is 0 Å². The first-order valence-corrected chi connectivity index (χ1v) is 10.9. The lowest BCUT2D eigenvalue weighted by atomic mass is 10.4. The van der Waals surface area contributed by atoms with Gasteiger partial charge in [0.1, 0.15) is 0 Å². The molecule has 108 valence electrons. The molecule has 10 heteroatoms. The lowest BCUT2D eigenvalue weighted by Crippen LogP contribution is -2.30. The van der Waals surface area contributed by atoms with Crippen LogP contribution in [0, 0.1) is 0 Å². The summed E-state index contributed by atoms with van der Waals surface area (Å²) in [5.74, 6) is 0. The molecule has 0 amide bonds. The van der Waals surface area contributed by atoms with Crippen molar-refractivity contribution in [1.82, 2.24) is 0 Å². The summed E-state index contributed by atoms with van der Waals surface area (Å²) < 4.78 is 54.7. The molecule has 0 spiro atoms. The van der Waals surface area contributed by atoms with E-state index in [1.54, 1.807) is 25.7 Å². The van der Waals surface area contributed by atoms with Crippen LogP contribution in [-0.2, 0) is 34.0 Å². The maximum Gasteiger partial charge on any atom is 0.390 e. The van der Waals surface area contributed by atoms with Crippen LogP contribution in [0.3, 0.4) is 0 Å². The van der Waals surface area contributed by atoms with Crippen LogP contribution in [0.1, 0.15) is 6.42 Å². The zero-order valence-corrected chi connectivity index (χ0v) is 13.1. The number of rotatable bonds is 9. The number of hydrogen-bond acceptors (Lipinski definition) is 6. The molecule has 18 heavy (non-hydrogen) atoms. The molecule has 1 atom stereocenters. The molecule has 1 unspecified atom stereocenters. The van der Waals surface area contributed by atoms with E-state index in [9.17, 15) is 12.6 Å². The van der Waals surface area contributed by atoms with Crippen molar-refractivity contribution in [2.24, 2.45) is 0 Å². The van der Waals surface area contributed by atoms with Crippen LogP contribution >= 0.6 is 0 Å². The summed E-state index contributed by atoms with van der Waals surface area (Å²) in [5.41, 5.74) is 0. The molecule has 0 radical (unpaired) electrons. The second kappa shape index (κ2) is 8.14. The lowest BCUT2D eigenvalue weighted by molar-refractivity contribution is 0.299. The first-order chi connectivity index (χ1) is 8.12. The molecule has 0 heterocycles. The van der Waals surface area contributed by atoms with E-state index in [0.717, 1.165) is 0 Å². The molecule has 0 fully saturated rings. The van der Waals surface area contributed by atoms with Crippen molar-refractivity contribution in [3.63, 3.8) is 0 Å². The Morgan fingerprint density at radius 1 is 1.28 bits per heavy atom. The Labute approximate surface area is 111 Å². The molecule has 0 bridgehead atoms. The second-order valence-electron chi connectivity index (χ2n) is 4.19. The number of hydrogen-bond donors (Lipinski definition) is 1. The van der Waals surface area contributed by atoms with Gasteiger partial charge < -0.3 is 0 Å². The van der Waals surface area contributed by atoms with Crippen LogP contribution in [0.15, 0.2) is 12.2 Å². The second-order valence-corrected chi connectivity index (χ2v) is 10.8. The van der Waals surface area contributed by atoms with Crippen molar-refractivity contribution in [3.05, 3.63) is 12.2 Å². The summed E-state index contributed by atoms with van der Waals surface area (Å²) in [4.78, 5) is 0. The molecule has 0 aromatic carbocycles. The SMILES string of the molecule is C[Si](C)(C)OS(=O)(=O)OC/C=C/CCOS(=O)O. The summed E-state index contributed by atoms with van der Waals surface area (Å²) in [7, 11) is -6.16. The molecular formula is C8H18O7S2Si. The van der Waals surface area contributed by atoms with Gasteiger partial charge in [-0.25, -0.2) is 4.18 Å². The fourth-order valence-electron chi connectivity index (χ4n) is 0.826. The van der Waals surface area contributed by atoms with E-state index in [1.165, 1.54) is 6.08 Å². The van der Waals surface area contributed by atoms with E-state index in [1.807, 2.05) is 0 Å². The minimum atomic E-state index is -3.95. The Balaban J connectivity index is 3.83. The maximum atomic E-state index is 11.3. The highest BCUT2D eigenvalue weighted by Gasteiger charge is 2.24. The predicted octanol–water partition coefficient (Wildman–Crippen LogP) is 1.20. The average Bonchev–Trinajstić information content (AvgIpc) is 2.11. The third-order valence-corrected chi connectivity index (χ3v) is 4.91. The highest BCUT2D eigenvalue weighted by Crippen LogP contribution is 2.09. The van der Waals surface area contributed by atoms with Gasteiger partial charge in [0.25, 0.3) is 0 Å². The van der Waals surface area contributed by atoms with E-state index < -0.39 is 30.1 Å². The Morgan fingerprint density at radius 2 is 1.89 bits per heavy atom. The molecule has 0 aromatic heterocycles. The predicted molar refractivity (Wildman–Crippen MR) is 69.8 cm³/mol. The van der Waals surface area contributed by atoms with Crippen molar-refractivity contribution in [2.75, 3.05) is 13.2 Å². The van der Waals surface area contributed by atoms with Crippen molar-refractivity contribution in [1.29, 1.82) is 0 Å². The first kappa shape index (κ1) is 17.9. The van der Waals surface area contributed by atoms with Crippen molar-refractivity contribution in [3.8, 4) is 0 Å². The summed E-state index contributed by atoms with van der Waals surface area (Å²) in [6, 6.07) is 0. The van der Waals surface area contributed by atoms with Crippen molar-refractivity contribution >= 4 is 30.1 Å². The minimum absolute atomic E-state index is 0.0672. The third-order valence-electron chi connectivity index (χ3n) is 1.30. The van der Waals surface area contributed by atoms with Crippen LogP contribution in [0.25, 0.3) is 0 Å². The van der Waals surface area contributed by atoms with Gasteiger partial charge >= 0.3 is 21.8 Å². The average molecular weight is 318 g/mol. The van der Waals surface area contributed by atoms with E-state index in [2.05, 4.69) is 8.37 Å². The fraction of sp³-hybridized carbons (Fsp3) is 0.750. The standard InChI is InChI=1S/C8H18O7S2Si/c1-18(2,3)15-17(11,12)14-8-6-4-5-7-13-16(9)10/h4,6H,5,7-8H2,1-3H3,(H,9,10)/b6-4+. The van der Waals surface area contributed by atoms with E-state index in [0.29, 0.717) is 6.42 Å². The van der Waals surface area contributed by atoms with Crippen molar-refractivity contribution in [2.45, 2.75) is 26.1 Å². The Bertz CT molecular complexity index is 385. The third kappa shape index (κ3) is 12.4. The Kier molecular flexibility index (Phi) is 8.10. The quantitative estimate of drug-likeness (QED) is 0.295. The molecule has 0 aliphatic heterocycles. The van der Waals surface area contributed by atoms with Gasteiger partial charge in [-0.05, 0) is 26.1 Å². The van der Waals surface area contributed by atoms with E-state index in [4.69, 9.17) is 8.42 Å². The highest BCUT2D eigenvalue weighted by molar-refractivity contribution is 7.83. The van der Waals surface area contributed by atoms with Crippen LogP contribution in [-0.4, -0.2) is 38.7 Å². The van der Waals surface area contributed by atoms with Crippen molar-refractivity contribution < 1.29 is 29.4 Å². The highest BCUT2D eigenvalue weighted by atomic mass is 32.3. The lowest BCUT2D eigenvalue weighted by Gasteiger charge is -2.15. The van der Waals surface area contributed by atoms with Gasteiger partial charge in [-0.1, -0.05) is 12.2 Å². The minimum Gasteiger partial charge on any atom is -0.294 e. The summed E-state index contributed by atoms with van der Waals surface area (Å²) in [5, 5.41) is 0. The molecule has 0 aromatic rings. The van der Waals surface area contributed by atoms with E-state index in [-0.39, 0.29) is 13.2 Å². The topological polar surface area (TPSA) is 99.1 Å². The smallest absolute Gasteiger partial charge is 0.294 e. The molecule has 0 aliphatic carbocycles. The monoisotopic (exact) mass is 318 g/mol. The van der Waals surface area contributed by atoms with Crippen LogP contribution in [0.5, 0.6) is 0 Å². The van der Waals surface area contributed by atoms with Gasteiger partial charge in [-0.2, -0.15) is 12.6 Å². The van der Waals surface area contributed by atoms with Gasteiger partial charge in [0.05, 0.1) is 13.2 Å². The van der Waals surface area contributed by atoms with Gasteiger partial charge in [0, 0.05) is 0 Å². The van der Waals surface area contributed by atoms with Gasteiger partial charge in [-0.3, -0.25) is 12.6 Å². The molecule has 0 saturated carbocycles. The summed E-state index contributed by atoms with van der Waals surface area (Å²) in [6.07, 6.45) is 3.43.